The van der Waals surface area contributed by atoms with Gasteiger partial charge in [0.1, 0.15) is 0 Å². The van der Waals surface area contributed by atoms with Crippen molar-refractivity contribution in [2.75, 3.05) is 0 Å². The molecule has 0 aromatic rings. The Morgan fingerprint density at radius 3 is 2.60 bits per heavy atom. The second-order valence-corrected chi connectivity index (χ2v) is 1.97. The molecule has 1 aliphatic carbocycles. The fourth-order valence-electron chi connectivity index (χ4n) is 0.686. The second-order valence-electron chi connectivity index (χ2n) is 1.97. The molecule has 0 atom stereocenters. The Hall–Kier alpha value is -0.780. The lowest BCUT2D eigenvalue weighted by molar-refractivity contribution is 1.35. The maximum Gasteiger partial charge on any atom is -0.0160 e. The third-order valence-corrected chi connectivity index (χ3v) is 1.18. The monoisotopic (exact) mass is 136 g/mol. The lowest BCUT2D eigenvalue weighted by Crippen LogP contribution is -1.62. The van der Waals surface area contributed by atoms with E-state index in [1.807, 2.05) is 13.8 Å². The van der Waals surface area contributed by atoms with E-state index in [0.29, 0.717) is 0 Å². The van der Waals surface area contributed by atoms with Crippen molar-refractivity contribution >= 4 is 0 Å². The first-order valence-electron chi connectivity index (χ1n) is 3.89. The smallest absolute Gasteiger partial charge is 0.0160 e. The second kappa shape index (κ2) is 6.34. The van der Waals surface area contributed by atoms with Gasteiger partial charge >= 0.3 is 0 Å². The molecule has 0 aromatic carbocycles. The minimum Gasteiger partial charge on any atom is -0.0807 e. The lowest BCUT2D eigenvalue weighted by atomic mass is 10.2. The molecule has 0 amide bonds. The Morgan fingerprint density at radius 2 is 1.90 bits per heavy atom. The van der Waals surface area contributed by atoms with E-state index in [4.69, 9.17) is 0 Å². The summed E-state index contributed by atoms with van der Waals surface area (Å²) in [5.74, 6) is 0. The average Bonchev–Trinajstić information content (AvgIpc) is 2.21. The summed E-state index contributed by atoms with van der Waals surface area (Å²) in [5, 5.41) is 0. The molecule has 0 radical (unpaired) electrons. The van der Waals surface area contributed by atoms with Gasteiger partial charge in [-0.05, 0) is 13.3 Å². The van der Waals surface area contributed by atoms with Gasteiger partial charge in [0.15, 0.2) is 0 Å². The predicted octanol–water partition coefficient (Wildman–Crippen LogP) is 3.48. The Balaban J connectivity index is 0.000000371. The lowest BCUT2D eigenvalue weighted by Gasteiger charge is -1.82. The molecule has 1 aliphatic rings. The van der Waals surface area contributed by atoms with Crippen LogP contribution in [0.3, 0.4) is 0 Å². The maximum absolute atomic E-state index is 2.21. The third-order valence-electron chi connectivity index (χ3n) is 1.18. The van der Waals surface area contributed by atoms with Crippen LogP contribution in [0.5, 0.6) is 0 Å². The summed E-state index contributed by atoms with van der Waals surface area (Å²) in [6.07, 6.45) is 11.7. The number of hydrogen-bond donors (Lipinski definition) is 0. The minimum atomic E-state index is 1.08. The van der Waals surface area contributed by atoms with Crippen molar-refractivity contribution in [2.24, 2.45) is 0 Å². The van der Waals surface area contributed by atoms with Crippen LogP contribution in [0.25, 0.3) is 0 Å². The highest BCUT2D eigenvalue weighted by molar-refractivity contribution is 5.24. The van der Waals surface area contributed by atoms with Crippen molar-refractivity contribution in [1.29, 1.82) is 0 Å². The molecule has 10 heavy (non-hydrogen) atoms. The van der Waals surface area contributed by atoms with Crippen molar-refractivity contribution in [2.45, 2.75) is 27.2 Å². The van der Waals surface area contributed by atoms with Gasteiger partial charge in [-0.2, -0.15) is 0 Å². The van der Waals surface area contributed by atoms with Gasteiger partial charge in [-0.25, -0.2) is 0 Å². The molecule has 0 spiro atoms. The third kappa shape index (κ3) is 4.13. The molecular formula is C10H16. The highest BCUT2D eigenvalue weighted by Crippen LogP contribution is 2.01. The molecule has 0 aromatic heterocycles. The molecule has 0 heteroatoms. The molecule has 0 saturated carbocycles. The first kappa shape index (κ1) is 9.22. The van der Waals surface area contributed by atoms with E-state index in [9.17, 15) is 0 Å². The van der Waals surface area contributed by atoms with Crippen molar-refractivity contribution in [3.63, 3.8) is 0 Å². The van der Waals surface area contributed by atoms with Gasteiger partial charge in [0.2, 0.25) is 0 Å². The first-order valence-corrected chi connectivity index (χ1v) is 3.89. The Morgan fingerprint density at radius 1 is 1.20 bits per heavy atom. The molecule has 1 rings (SSSR count). The summed E-state index contributed by atoms with van der Waals surface area (Å²) >= 11 is 0. The Bertz CT molecular complexity index is 145. The van der Waals surface area contributed by atoms with E-state index in [1.54, 1.807) is 0 Å². The van der Waals surface area contributed by atoms with Crippen LogP contribution in [0.4, 0.5) is 0 Å². The normalized spacial score (nSPS) is 14.9. The SMILES string of the molecule is CC.CC1=CCC=CC=C1. The van der Waals surface area contributed by atoms with Crippen LogP contribution in [-0.4, -0.2) is 0 Å². The molecule has 0 heterocycles. The molecule has 0 bridgehead atoms. The largest absolute Gasteiger partial charge is 0.0807 e. The van der Waals surface area contributed by atoms with Gasteiger partial charge in [0, 0.05) is 0 Å². The highest BCUT2D eigenvalue weighted by Gasteiger charge is 1.81. The number of rotatable bonds is 0. The van der Waals surface area contributed by atoms with Crippen LogP contribution in [0.2, 0.25) is 0 Å². The topological polar surface area (TPSA) is 0 Å². The summed E-state index contributed by atoms with van der Waals surface area (Å²) in [7, 11) is 0. The summed E-state index contributed by atoms with van der Waals surface area (Å²) in [4.78, 5) is 0. The first-order chi connectivity index (χ1) is 4.89. The minimum absolute atomic E-state index is 1.08. The zero-order valence-corrected chi connectivity index (χ0v) is 7.09. The molecule has 0 unspecified atom stereocenters. The molecule has 56 valence electrons. The molecule has 0 N–H and O–H groups in total. The Kier molecular flexibility index (Phi) is 5.85. The highest BCUT2D eigenvalue weighted by atomic mass is 13.9. The standard InChI is InChI=1S/C8H10.C2H6/c1-8-6-4-2-3-5-7-8;1-2/h2-4,6-7H,5H2,1H3;1-2H3. The average molecular weight is 136 g/mol. The summed E-state index contributed by atoms with van der Waals surface area (Å²) in [5.41, 5.74) is 1.36. The van der Waals surface area contributed by atoms with Gasteiger partial charge in [-0.1, -0.05) is 49.8 Å². The van der Waals surface area contributed by atoms with Crippen LogP contribution < -0.4 is 0 Å². The molecule has 0 nitrogen and oxygen atoms in total. The summed E-state index contributed by atoms with van der Waals surface area (Å²) in [6.45, 7) is 6.11. The molecule has 0 aliphatic heterocycles. The summed E-state index contributed by atoms with van der Waals surface area (Å²) in [6, 6.07) is 0. The predicted molar refractivity (Wildman–Crippen MR) is 48.0 cm³/mol. The van der Waals surface area contributed by atoms with E-state index in [0.717, 1.165) is 6.42 Å². The van der Waals surface area contributed by atoms with Crippen molar-refractivity contribution in [3.8, 4) is 0 Å². The molecule has 0 fully saturated rings. The Labute approximate surface area is 64.0 Å². The van der Waals surface area contributed by atoms with Crippen LogP contribution in [0.15, 0.2) is 36.0 Å². The van der Waals surface area contributed by atoms with Gasteiger partial charge in [0.25, 0.3) is 0 Å². The van der Waals surface area contributed by atoms with E-state index in [-0.39, 0.29) is 0 Å². The number of hydrogen-bond acceptors (Lipinski definition) is 0. The zero-order valence-electron chi connectivity index (χ0n) is 7.09. The van der Waals surface area contributed by atoms with Crippen LogP contribution >= 0.6 is 0 Å². The number of allylic oxidation sites excluding steroid dienone is 6. The van der Waals surface area contributed by atoms with E-state index in [1.165, 1.54) is 5.57 Å². The molecule has 0 saturated heterocycles. The van der Waals surface area contributed by atoms with Crippen LogP contribution in [-0.2, 0) is 0 Å². The van der Waals surface area contributed by atoms with E-state index in [2.05, 4.69) is 37.3 Å². The summed E-state index contributed by atoms with van der Waals surface area (Å²) < 4.78 is 0. The van der Waals surface area contributed by atoms with Gasteiger partial charge in [-0.3, -0.25) is 0 Å². The van der Waals surface area contributed by atoms with E-state index < -0.39 is 0 Å². The van der Waals surface area contributed by atoms with Crippen molar-refractivity contribution < 1.29 is 0 Å². The fourth-order valence-corrected chi connectivity index (χ4v) is 0.686. The van der Waals surface area contributed by atoms with E-state index >= 15 is 0 Å². The van der Waals surface area contributed by atoms with Gasteiger partial charge in [-0.15, -0.1) is 0 Å². The van der Waals surface area contributed by atoms with Gasteiger partial charge in [0.05, 0.1) is 0 Å². The van der Waals surface area contributed by atoms with Crippen molar-refractivity contribution in [1.82, 2.24) is 0 Å². The zero-order chi connectivity index (χ0) is 7.82. The van der Waals surface area contributed by atoms with Crippen molar-refractivity contribution in [3.05, 3.63) is 36.0 Å². The maximum atomic E-state index is 2.21. The van der Waals surface area contributed by atoms with Crippen LogP contribution in [0, 0.1) is 0 Å². The van der Waals surface area contributed by atoms with Crippen LogP contribution in [0.1, 0.15) is 27.2 Å². The quantitative estimate of drug-likeness (QED) is 0.478. The van der Waals surface area contributed by atoms with Gasteiger partial charge < -0.3 is 0 Å². The fraction of sp³-hybridized carbons (Fsp3) is 0.400. The molecular weight excluding hydrogens is 120 g/mol.